The number of methoxy groups -OCH3 is 1. The van der Waals surface area contributed by atoms with E-state index in [0.29, 0.717) is 24.9 Å². The van der Waals surface area contributed by atoms with Crippen molar-refractivity contribution in [1.82, 2.24) is 14.8 Å². The van der Waals surface area contributed by atoms with Crippen LogP contribution in [0, 0.1) is 11.8 Å². The van der Waals surface area contributed by atoms with Gasteiger partial charge in [0.25, 0.3) is 0 Å². The zero-order chi connectivity index (χ0) is 20.8. The lowest BCUT2D eigenvalue weighted by Gasteiger charge is -2.36. The van der Waals surface area contributed by atoms with E-state index >= 15 is 0 Å². The molecule has 4 rings (SSSR count). The largest absolute Gasteiger partial charge is 0.497 e. The smallest absolute Gasteiger partial charge is 0.226 e. The lowest BCUT2D eigenvalue weighted by Crippen LogP contribution is -2.42. The Balaban J connectivity index is 1.36. The van der Waals surface area contributed by atoms with Gasteiger partial charge in [0.2, 0.25) is 5.91 Å². The monoisotopic (exact) mass is 405 g/mol. The fraction of sp³-hybridized carbons (Fsp3) is 0.440. The Labute approximate surface area is 179 Å². The molecule has 1 unspecified atom stereocenters. The van der Waals surface area contributed by atoms with Gasteiger partial charge in [-0.15, -0.1) is 0 Å². The fourth-order valence-electron chi connectivity index (χ4n) is 4.66. The summed E-state index contributed by atoms with van der Waals surface area (Å²) >= 11 is 0. The number of amides is 1. The molecule has 1 atom stereocenters. The van der Waals surface area contributed by atoms with Crippen LogP contribution in [0.5, 0.6) is 5.75 Å². The summed E-state index contributed by atoms with van der Waals surface area (Å²) in [5.41, 5.74) is 2.37. The van der Waals surface area contributed by atoms with Gasteiger partial charge in [-0.25, -0.2) is 0 Å². The summed E-state index contributed by atoms with van der Waals surface area (Å²) in [6.07, 6.45) is 11.1. The first-order valence-corrected chi connectivity index (χ1v) is 10.9. The molecule has 158 valence electrons. The predicted octanol–water partition coefficient (Wildman–Crippen LogP) is 3.91. The minimum Gasteiger partial charge on any atom is -0.497 e. The molecule has 2 aromatic rings. The van der Waals surface area contributed by atoms with Crippen molar-refractivity contribution >= 4 is 5.91 Å². The number of pyridine rings is 1. The number of hydrogen-bond acceptors (Lipinski definition) is 4. The second kappa shape index (κ2) is 9.90. The van der Waals surface area contributed by atoms with Gasteiger partial charge in [-0.05, 0) is 67.6 Å². The second-order valence-corrected chi connectivity index (χ2v) is 8.36. The Bertz CT molecular complexity index is 860. The molecule has 30 heavy (non-hydrogen) atoms. The van der Waals surface area contributed by atoms with E-state index in [2.05, 4.69) is 34.2 Å². The van der Waals surface area contributed by atoms with Gasteiger partial charge in [-0.2, -0.15) is 0 Å². The van der Waals surface area contributed by atoms with Gasteiger partial charge in [-0.1, -0.05) is 30.4 Å². The number of nitrogens with zero attached hydrogens (tertiary/aromatic N) is 3. The zero-order valence-electron chi connectivity index (χ0n) is 17.7. The molecule has 1 fully saturated rings. The Hall–Kier alpha value is -2.66. The number of ether oxygens (including phenoxy) is 1. The summed E-state index contributed by atoms with van der Waals surface area (Å²) in [5.74, 6) is 1.68. The first-order valence-electron chi connectivity index (χ1n) is 10.9. The van der Waals surface area contributed by atoms with E-state index in [1.54, 1.807) is 7.11 Å². The Morgan fingerprint density at radius 1 is 1.07 bits per heavy atom. The SMILES string of the molecule is COc1cccc(CN2CC=CCC(C3CCN(Cc4cccnc4)CC3)C2=O)c1. The van der Waals surface area contributed by atoms with Crippen LogP contribution in [0.3, 0.4) is 0 Å². The van der Waals surface area contributed by atoms with Crippen molar-refractivity contribution in [2.45, 2.75) is 32.4 Å². The Morgan fingerprint density at radius 3 is 2.67 bits per heavy atom. The molecule has 3 heterocycles. The highest BCUT2D eigenvalue weighted by Gasteiger charge is 2.34. The zero-order valence-corrected chi connectivity index (χ0v) is 17.7. The first-order chi connectivity index (χ1) is 14.7. The summed E-state index contributed by atoms with van der Waals surface area (Å²) in [5, 5.41) is 0. The number of hydrogen-bond donors (Lipinski definition) is 0. The maximum atomic E-state index is 13.4. The van der Waals surface area contributed by atoms with Gasteiger partial charge in [-0.3, -0.25) is 14.7 Å². The molecule has 2 aliphatic heterocycles. The van der Waals surface area contributed by atoms with E-state index in [9.17, 15) is 4.79 Å². The first kappa shape index (κ1) is 20.6. The van der Waals surface area contributed by atoms with Crippen LogP contribution in [0.25, 0.3) is 0 Å². The predicted molar refractivity (Wildman–Crippen MR) is 118 cm³/mol. The van der Waals surface area contributed by atoms with Crippen molar-refractivity contribution in [3.05, 3.63) is 72.1 Å². The van der Waals surface area contributed by atoms with Gasteiger partial charge in [0.15, 0.2) is 0 Å². The maximum absolute atomic E-state index is 13.4. The van der Waals surface area contributed by atoms with Crippen LogP contribution in [0.15, 0.2) is 60.9 Å². The molecule has 5 heteroatoms. The van der Waals surface area contributed by atoms with Crippen LogP contribution in [0.4, 0.5) is 0 Å². The third kappa shape index (κ3) is 5.08. The van der Waals surface area contributed by atoms with Crippen LogP contribution >= 0.6 is 0 Å². The maximum Gasteiger partial charge on any atom is 0.226 e. The van der Waals surface area contributed by atoms with E-state index in [0.717, 1.165) is 50.2 Å². The topological polar surface area (TPSA) is 45.7 Å². The molecular weight excluding hydrogens is 374 g/mol. The molecule has 0 spiro atoms. The highest BCUT2D eigenvalue weighted by Crippen LogP contribution is 2.31. The van der Waals surface area contributed by atoms with E-state index in [-0.39, 0.29) is 5.92 Å². The van der Waals surface area contributed by atoms with E-state index in [4.69, 9.17) is 4.74 Å². The quantitative estimate of drug-likeness (QED) is 0.684. The van der Waals surface area contributed by atoms with E-state index in [1.807, 2.05) is 41.6 Å². The highest BCUT2D eigenvalue weighted by molar-refractivity contribution is 5.80. The average Bonchev–Trinajstić information content (AvgIpc) is 2.97. The van der Waals surface area contributed by atoms with E-state index in [1.165, 1.54) is 5.56 Å². The molecule has 1 aromatic heterocycles. The van der Waals surface area contributed by atoms with Crippen molar-refractivity contribution in [1.29, 1.82) is 0 Å². The number of piperidine rings is 1. The number of likely N-dealkylation sites (tertiary alicyclic amines) is 1. The summed E-state index contributed by atoms with van der Waals surface area (Å²) in [6, 6.07) is 12.1. The summed E-state index contributed by atoms with van der Waals surface area (Å²) < 4.78 is 5.34. The van der Waals surface area contributed by atoms with Crippen LogP contribution in [-0.2, 0) is 17.9 Å². The molecule has 1 amide bonds. The summed E-state index contributed by atoms with van der Waals surface area (Å²) in [4.78, 5) is 22.1. The standard InChI is InChI=1S/C25H31N3O2/c1-30-23-8-4-6-20(16-23)19-28-13-3-2-9-24(25(28)29)22-10-14-27(15-11-22)18-21-7-5-12-26-17-21/h2-8,12,16-17,22,24H,9-11,13-15,18-19H2,1H3. The molecule has 1 aromatic carbocycles. The van der Waals surface area contributed by atoms with Gasteiger partial charge in [0.1, 0.15) is 5.75 Å². The molecule has 0 saturated carbocycles. The van der Waals surface area contributed by atoms with Gasteiger partial charge in [0, 0.05) is 37.9 Å². The lowest BCUT2D eigenvalue weighted by molar-refractivity contribution is -0.137. The minimum atomic E-state index is 0.0925. The van der Waals surface area contributed by atoms with Crippen LogP contribution in [0.2, 0.25) is 0 Å². The Kier molecular flexibility index (Phi) is 6.80. The van der Waals surface area contributed by atoms with Gasteiger partial charge in [0.05, 0.1) is 7.11 Å². The number of allylic oxidation sites excluding steroid dienone is 1. The van der Waals surface area contributed by atoms with E-state index < -0.39 is 0 Å². The molecule has 0 bridgehead atoms. The third-order valence-electron chi connectivity index (χ3n) is 6.35. The van der Waals surface area contributed by atoms with Gasteiger partial charge < -0.3 is 9.64 Å². The molecule has 0 aliphatic carbocycles. The van der Waals surface area contributed by atoms with Crippen molar-refractivity contribution in [3.63, 3.8) is 0 Å². The third-order valence-corrected chi connectivity index (χ3v) is 6.35. The summed E-state index contributed by atoms with van der Waals surface area (Å²) in [7, 11) is 1.68. The number of aromatic nitrogens is 1. The van der Waals surface area contributed by atoms with Crippen molar-refractivity contribution in [2.24, 2.45) is 11.8 Å². The molecule has 0 radical (unpaired) electrons. The number of rotatable bonds is 6. The van der Waals surface area contributed by atoms with Crippen LogP contribution in [0.1, 0.15) is 30.4 Å². The minimum absolute atomic E-state index is 0.0925. The second-order valence-electron chi connectivity index (χ2n) is 8.36. The number of benzene rings is 1. The molecule has 1 saturated heterocycles. The fourth-order valence-corrected chi connectivity index (χ4v) is 4.66. The highest BCUT2D eigenvalue weighted by atomic mass is 16.5. The van der Waals surface area contributed by atoms with Crippen molar-refractivity contribution in [3.8, 4) is 5.75 Å². The number of carbonyl (C=O) groups is 1. The normalized spacial score (nSPS) is 20.9. The molecule has 0 N–H and O–H groups in total. The van der Waals surface area contributed by atoms with Crippen molar-refractivity contribution < 1.29 is 9.53 Å². The van der Waals surface area contributed by atoms with Gasteiger partial charge >= 0.3 is 0 Å². The average molecular weight is 406 g/mol. The lowest BCUT2D eigenvalue weighted by atomic mass is 9.81. The molecular formula is C25H31N3O2. The van der Waals surface area contributed by atoms with Crippen molar-refractivity contribution in [2.75, 3.05) is 26.7 Å². The van der Waals surface area contributed by atoms with Crippen LogP contribution in [-0.4, -0.2) is 47.4 Å². The Morgan fingerprint density at radius 2 is 1.90 bits per heavy atom. The van der Waals surface area contributed by atoms with Crippen LogP contribution < -0.4 is 4.74 Å². The molecule has 2 aliphatic rings. The summed E-state index contributed by atoms with van der Waals surface area (Å²) in [6.45, 7) is 4.36. The molecule has 5 nitrogen and oxygen atoms in total. The number of carbonyl (C=O) groups excluding carboxylic acids is 1.